The Bertz CT molecular complexity index is 1080. The second-order valence-corrected chi connectivity index (χ2v) is 7.28. The van der Waals surface area contributed by atoms with Crippen molar-refractivity contribution in [2.45, 2.75) is 26.1 Å². The molecule has 2 heterocycles. The third-order valence-corrected chi connectivity index (χ3v) is 5.17. The number of benzene rings is 2. The molecule has 4 aromatic rings. The van der Waals surface area contributed by atoms with Gasteiger partial charge in [-0.25, -0.2) is 0 Å². The highest BCUT2D eigenvalue weighted by atomic mass is 16.5. The molecule has 152 valence electrons. The van der Waals surface area contributed by atoms with E-state index in [-0.39, 0.29) is 6.04 Å². The van der Waals surface area contributed by atoms with Gasteiger partial charge in [0.2, 0.25) is 0 Å². The van der Waals surface area contributed by atoms with Crippen molar-refractivity contribution >= 4 is 0 Å². The molecule has 0 bridgehead atoms. The lowest BCUT2D eigenvalue weighted by Crippen LogP contribution is -2.18. The molecule has 1 unspecified atom stereocenters. The molecule has 4 rings (SSSR count). The van der Waals surface area contributed by atoms with Gasteiger partial charge in [0.05, 0.1) is 13.7 Å². The number of hydrogen-bond donors (Lipinski definition) is 1. The van der Waals surface area contributed by atoms with Gasteiger partial charge >= 0.3 is 0 Å². The standard InChI is InChI=1S/C25H26N4O/c1-19(21-11-8-14-26-15-21)27-16-22-18-29(17-20-9-4-3-5-10-20)28-25(22)23-12-6-7-13-24(23)30-2/h3-15,18-19,27H,16-17H2,1-2H3. The summed E-state index contributed by atoms with van der Waals surface area (Å²) >= 11 is 0. The molecule has 0 aliphatic rings. The van der Waals surface area contributed by atoms with E-state index < -0.39 is 0 Å². The number of rotatable bonds is 8. The lowest BCUT2D eigenvalue weighted by Gasteiger charge is -2.14. The quantitative estimate of drug-likeness (QED) is 0.461. The van der Waals surface area contributed by atoms with E-state index in [2.05, 4.69) is 59.8 Å². The minimum Gasteiger partial charge on any atom is -0.496 e. The van der Waals surface area contributed by atoms with Gasteiger partial charge in [-0.2, -0.15) is 5.10 Å². The normalized spacial score (nSPS) is 11.9. The molecular weight excluding hydrogens is 372 g/mol. The average Bonchev–Trinajstić information content (AvgIpc) is 3.21. The molecule has 0 saturated heterocycles. The number of nitrogens with zero attached hydrogens (tertiary/aromatic N) is 3. The third-order valence-electron chi connectivity index (χ3n) is 5.17. The maximum Gasteiger partial charge on any atom is 0.128 e. The van der Waals surface area contributed by atoms with Gasteiger partial charge < -0.3 is 10.1 Å². The van der Waals surface area contributed by atoms with Crippen LogP contribution in [0, 0.1) is 0 Å². The van der Waals surface area contributed by atoms with Crippen molar-refractivity contribution in [3.63, 3.8) is 0 Å². The van der Waals surface area contributed by atoms with E-state index in [9.17, 15) is 0 Å². The Morgan fingerprint density at radius 3 is 2.57 bits per heavy atom. The van der Waals surface area contributed by atoms with E-state index in [1.54, 1.807) is 13.3 Å². The van der Waals surface area contributed by atoms with Gasteiger partial charge in [-0.1, -0.05) is 48.5 Å². The van der Waals surface area contributed by atoms with Crippen molar-refractivity contribution in [2.75, 3.05) is 7.11 Å². The van der Waals surface area contributed by atoms with E-state index in [0.717, 1.165) is 34.7 Å². The fourth-order valence-electron chi connectivity index (χ4n) is 3.52. The predicted octanol–water partition coefficient (Wildman–Crippen LogP) is 4.85. The van der Waals surface area contributed by atoms with Gasteiger partial charge in [0.1, 0.15) is 11.4 Å². The topological polar surface area (TPSA) is 52.0 Å². The number of ether oxygens (including phenoxy) is 1. The van der Waals surface area contributed by atoms with Gasteiger partial charge in [0, 0.05) is 42.3 Å². The summed E-state index contributed by atoms with van der Waals surface area (Å²) in [5.41, 5.74) is 5.45. The first-order valence-corrected chi connectivity index (χ1v) is 10.1. The van der Waals surface area contributed by atoms with Crippen molar-refractivity contribution in [1.82, 2.24) is 20.1 Å². The molecule has 0 spiro atoms. The van der Waals surface area contributed by atoms with E-state index in [1.165, 1.54) is 5.56 Å². The molecule has 0 radical (unpaired) electrons. The second kappa shape index (κ2) is 9.37. The summed E-state index contributed by atoms with van der Waals surface area (Å²) in [6.07, 6.45) is 5.82. The molecule has 0 saturated carbocycles. The number of methoxy groups -OCH3 is 1. The highest BCUT2D eigenvalue weighted by Gasteiger charge is 2.16. The SMILES string of the molecule is COc1ccccc1-c1nn(Cc2ccccc2)cc1CNC(C)c1cccnc1. The van der Waals surface area contributed by atoms with Crippen LogP contribution < -0.4 is 10.1 Å². The fraction of sp³-hybridized carbons (Fsp3) is 0.200. The zero-order valence-electron chi connectivity index (χ0n) is 17.3. The summed E-state index contributed by atoms with van der Waals surface area (Å²) in [5, 5.41) is 8.53. The molecule has 1 N–H and O–H groups in total. The van der Waals surface area contributed by atoms with Crippen molar-refractivity contribution in [3.05, 3.63) is 102 Å². The Hall–Kier alpha value is -3.44. The van der Waals surface area contributed by atoms with Gasteiger partial charge in [-0.15, -0.1) is 0 Å². The molecule has 0 aliphatic heterocycles. The highest BCUT2D eigenvalue weighted by Crippen LogP contribution is 2.31. The molecule has 0 fully saturated rings. The molecule has 5 heteroatoms. The van der Waals surface area contributed by atoms with Gasteiger partial charge in [0.25, 0.3) is 0 Å². The summed E-state index contributed by atoms with van der Waals surface area (Å²) in [6, 6.07) is 22.6. The summed E-state index contributed by atoms with van der Waals surface area (Å²) in [7, 11) is 1.70. The minimum atomic E-state index is 0.182. The smallest absolute Gasteiger partial charge is 0.128 e. The monoisotopic (exact) mass is 398 g/mol. The van der Waals surface area contributed by atoms with Crippen LogP contribution in [0.4, 0.5) is 0 Å². The Kier molecular flexibility index (Phi) is 6.20. The maximum atomic E-state index is 5.60. The van der Waals surface area contributed by atoms with Crippen molar-refractivity contribution in [3.8, 4) is 17.0 Å². The lowest BCUT2D eigenvalue weighted by molar-refractivity contribution is 0.416. The lowest BCUT2D eigenvalue weighted by atomic mass is 10.1. The molecular formula is C25H26N4O. The number of aromatic nitrogens is 3. The first-order valence-electron chi connectivity index (χ1n) is 10.1. The molecule has 1 atom stereocenters. The van der Waals surface area contributed by atoms with E-state index in [1.807, 2.05) is 41.2 Å². The highest BCUT2D eigenvalue weighted by molar-refractivity contribution is 5.69. The summed E-state index contributed by atoms with van der Waals surface area (Å²) < 4.78 is 7.60. The van der Waals surface area contributed by atoms with Crippen LogP contribution in [0.5, 0.6) is 5.75 Å². The van der Waals surface area contributed by atoms with Crippen molar-refractivity contribution in [1.29, 1.82) is 0 Å². The van der Waals surface area contributed by atoms with Crippen LogP contribution in [0.25, 0.3) is 11.3 Å². The van der Waals surface area contributed by atoms with Gasteiger partial charge in [-0.05, 0) is 36.2 Å². The van der Waals surface area contributed by atoms with Crippen LogP contribution in [0.15, 0.2) is 85.3 Å². The molecule has 30 heavy (non-hydrogen) atoms. The third kappa shape index (κ3) is 4.58. The van der Waals surface area contributed by atoms with Crippen LogP contribution in [0.3, 0.4) is 0 Å². The number of nitrogens with one attached hydrogen (secondary N) is 1. The molecule has 2 aromatic carbocycles. The van der Waals surface area contributed by atoms with Crippen LogP contribution in [0.2, 0.25) is 0 Å². The molecule has 2 aromatic heterocycles. The fourth-order valence-corrected chi connectivity index (χ4v) is 3.52. The Morgan fingerprint density at radius 2 is 1.80 bits per heavy atom. The second-order valence-electron chi connectivity index (χ2n) is 7.28. The van der Waals surface area contributed by atoms with Gasteiger partial charge in [-0.3, -0.25) is 9.67 Å². The summed E-state index contributed by atoms with van der Waals surface area (Å²) in [5.74, 6) is 0.823. The Labute approximate surface area is 177 Å². The molecule has 0 aliphatic carbocycles. The van der Waals surface area contributed by atoms with E-state index in [0.29, 0.717) is 6.54 Å². The Morgan fingerprint density at radius 1 is 1.00 bits per heavy atom. The zero-order valence-corrected chi connectivity index (χ0v) is 17.3. The largest absolute Gasteiger partial charge is 0.496 e. The van der Waals surface area contributed by atoms with Crippen LogP contribution >= 0.6 is 0 Å². The van der Waals surface area contributed by atoms with E-state index >= 15 is 0 Å². The summed E-state index contributed by atoms with van der Waals surface area (Å²) in [4.78, 5) is 4.23. The van der Waals surface area contributed by atoms with E-state index in [4.69, 9.17) is 9.84 Å². The number of para-hydroxylation sites is 1. The van der Waals surface area contributed by atoms with Gasteiger partial charge in [0.15, 0.2) is 0 Å². The number of pyridine rings is 1. The number of hydrogen-bond acceptors (Lipinski definition) is 4. The predicted molar refractivity (Wildman–Crippen MR) is 119 cm³/mol. The van der Waals surface area contributed by atoms with Crippen molar-refractivity contribution in [2.24, 2.45) is 0 Å². The first-order chi connectivity index (χ1) is 14.7. The minimum absolute atomic E-state index is 0.182. The summed E-state index contributed by atoms with van der Waals surface area (Å²) in [6.45, 7) is 3.56. The molecule has 0 amide bonds. The zero-order chi connectivity index (χ0) is 20.8. The van der Waals surface area contributed by atoms with Crippen LogP contribution in [0.1, 0.15) is 29.7 Å². The van der Waals surface area contributed by atoms with Crippen LogP contribution in [-0.2, 0) is 13.1 Å². The Balaban J connectivity index is 1.63. The maximum absolute atomic E-state index is 5.60. The average molecular weight is 399 g/mol. The molecule has 5 nitrogen and oxygen atoms in total. The van der Waals surface area contributed by atoms with Crippen molar-refractivity contribution < 1.29 is 4.74 Å². The van der Waals surface area contributed by atoms with Crippen LogP contribution in [-0.4, -0.2) is 21.9 Å². The first kappa shape index (κ1) is 19.9.